The number of aryl methyl sites for hydroxylation is 1. The summed E-state index contributed by atoms with van der Waals surface area (Å²) >= 11 is 0.751. The van der Waals surface area contributed by atoms with Gasteiger partial charge in [-0.2, -0.15) is 0 Å². The maximum Gasteiger partial charge on any atom is 0.573 e. The van der Waals surface area contributed by atoms with Gasteiger partial charge in [0.05, 0.1) is 5.69 Å². The van der Waals surface area contributed by atoms with Crippen molar-refractivity contribution in [3.8, 4) is 5.75 Å². The second-order valence-corrected chi connectivity index (χ2v) is 5.27. The number of benzene rings is 1. The monoisotopic (exact) mass is 346 g/mol. The largest absolute Gasteiger partial charge is 0.573 e. The van der Waals surface area contributed by atoms with Crippen LogP contribution in [0, 0.1) is 6.92 Å². The van der Waals surface area contributed by atoms with Gasteiger partial charge in [0.25, 0.3) is 5.91 Å². The van der Waals surface area contributed by atoms with Gasteiger partial charge < -0.3 is 9.84 Å². The molecule has 0 aliphatic carbocycles. The average molecular weight is 346 g/mol. The Morgan fingerprint density at radius 1 is 1.35 bits per heavy atom. The number of carbonyl (C=O) groups excluding carboxylic acids is 1. The number of carboxylic acids is 1. The summed E-state index contributed by atoms with van der Waals surface area (Å²) < 4.78 is 40.2. The number of aromatic nitrogens is 1. The minimum Gasteiger partial charge on any atom is -0.477 e. The van der Waals surface area contributed by atoms with E-state index in [-0.39, 0.29) is 21.3 Å². The van der Waals surface area contributed by atoms with Gasteiger partial charge in [0, 0.05) is 5.56 Å². The van der Waals surface area contributed by atoms with E-state index >= 15 is 0 Å². The third-order valence-corrected chi connectivity index (χ3v) is 3.60. The normalized spacial score (nSPS) is 11.1. The summed E-state index contributed by atoms with van der Waals surface area (Å²) in [4.78, 5) is 26.7. The highest BCUT2D eigenvalue weighted by atomic mass is 32.1. The molecular weight excluding hydrogens is 337 g/mol. The van der Waals surface area contributed by atoms with Crippen LogP contribution in [0.2, 0.25) is 0 Å². The predicted molar refractivity (Wildman–Crippen MR) is 74.9 cm³/mol. The van der Waals surface area contributed by atoms with Crippen LogP contribution in [0.1, 0.15) is 25.7 Å². The van der Waals surface area contributed by atoms with E-state index < -0.39 is 24.0 Å². The lowest BCUT2D eigenvalue weighted by atomic mass is 10.2. The van der Waals surface area contributed by atoms with Gasteiger partial charge in [0.15, 0.2) is 5.13 Å². The van der Waals surface area contributed by atoms with Gasteiger partial charge in [-0.15, -0.1) is 13.2 Å². The number of hydrogen-bond donors (Lipinski definition) is 2. The molecule has 1 amide bonds. The van der Waals surface area contributed by atoms with Crippen LogP contribution in [0.5, 0.6) is 5.75 Å². The zero-order chi connectivity index (χ0) is 17.2. The Morgan fingerprint density at radius 2 is 2.04 bits per heavy atom. The molecule has 0 unspecified atom stereocenters. The number of ether oxygens (including phenoxy) is 1. The molecule has 122 valence electrons. The molecule has 0 saturated heterocycles. The molecule has 2 rings (SSSR count). The van der Waals surface area contributed by atoms with Crippen LogP contribution in [0.25, 0.3) is 0 Å². The molecule has 6 nitrogen and oxygen atoms in total. The molecular formula is C13H9F3N2O4S. The van der Waals surface area contributed by atoms with Crippen LogP contribution in [-0.4, -0.2) is 28.3 Å². The maximum absolute atomic E-state index is 12.2. The van der Waals surface area contributed by atoms with E-state index in [9.17, 15) is 22.8 Å². The summed E-state index contributed by atoms with van der Waals surface area (Å²) in [5.74, 6) is -2.45. The molecule has 23 heavy (non-hydrogen) atoms. The second-order valence-electron chi connectivity index (χ2n) is 4.27. The van der Waals surface area contributed by atoms with Gasteiger partial charge in [-0.3, -0.25) is 10.1 Å². The molecule has 0 spiro atoms. The van der Waals surface area contributed by atoms with Crippen molar-refractivity contribution in [1.82, 2.24) is 4.98 Å². The number of nitrogens with one attached hydrogen (secondary N) is 1. The number of nitrogens with zero attached hydrogens (tertiary/aromatic N) is 1. The third-order valence-electron chi connectivity index (χ3n) is 2.54. The topological polar surface area (TPSA) is 88.5 Å². The highest BCUT2D eigenvalue weighted by Gasteiger charge is 2.31. The van der Waals surface area contributed by atoms with Crippen molar-refractivity contribution in [1.29, 1.82) is 0 Å². The summed E-state index contributed by atoms with van der Waals surface area (Å²) in [6.07, 6.45) is -4.86. The van der Waals surface area contributed by atoms with Crippen LogP contribution in [0.4, 0.5) is 18.3 Å². The van der Waals surface area contributed by atoms with E-state index in [1.807, 2.05) is 0 Å². The van der Waals surface area contributed by atoms with Crippen molar-refractivity contribution in [2.24, 2.45) is 0 Å². The molecule has 2 N–H and O–H groups in total. The molecule has 0 radical (unpaired) electrons. The average Bonchev–Trinajstić information content (AvgIpc) is 2.78. The highest BCUT2D eigenvalue weighted by molar-refractivity contribution is 7.17. The van der Waals surface area contributed by atoms with E-state index in [2.05, 4.69) is 15.0 Å². The summed E-state index contributed by atoms with van der Waals surface area (Å²) in [7, 11) is 0. The number of rotatable bonds is 4. The Hall–Kier alpha value is -2.62. The molecule has 10 heteroatoms. The Balaban J connectivity index is 2.16. The van der Waals surface area contributed by atoms with Gasteiger partial charge in [0.1, 0.15) is 10.6 Å². The Bertz CT molecular complexity index is 758. The molecule has 0 aliphatic rings. The standard InChI is InChI=1S/C13H9F3N2O4S/c1-6-9(11(20)21)23-12(17-6)18-10(19)7-3-2-4-8(5-7)22-13(14,15)16/h2-5H,1H3,(H,20,21)(H,17,18,19). The first kappa shape index (κ1) is 16.7. The van der Waals surface area contributed by atoms with Gasteiger partial charge in [-0.1, -0.05) is 17.4 Å². The lowest BCUT2D eigenvalue weighted by Gasteiger charge is -2.09. The lowest BCUT2D eigenvalue weighted by molar-refractivity contribution is -0.274. The summed E-state index contributed by atoms with van der Waals surface area (Å²) in [5, 5.41) is 11.3. The number of aromatic carboxylic acids is 1. The van der Waals surface area contributed by atoms with E-state index in [0.717, 1.165) is 23.5 Å². The SMILES string of the molecule is Cc1nc(NC(=O)c2cccc(OC(F)(F)F)c2)sc1C(=O)O. The number of carbonyl (C=O) groups is 2. The van der Waals surface area contributed by atoms with E-state index in [1.54, 1.807) is 0 Å². The van der Waals surface area contributed by atoms with Crippen LogP contribution in [0.3, 0.4) is 0 Å². The number of amides is 1. The van der Waals surface area contributed by atoms with Gasteiger partial charge >= 0.3 is 12.3 Å². The highest BCUT2D eigenvalue weighted by Crippen LogP contribution is 2.25. The molecule has 1 aromatic carbocycles. The van der Waals surface area contributed by atoms with E-state index in [1.165, 1.54) is 19.1 Å². The third kappa shape index (κ3) is 4.42. The summed E-state index contributed by atoms with van der Waals surface area (Å²) in [5.41, 5.74) is 0.142. The Labute approximate surface area is 131 Å². The van der Waals surface area contributed by atoms with Crippen LogP contribution in [-0.2, 0) is 0 Å². The number of alkyl halides is 3. The van der Waals surface area contributed by atoms with Crippen molar-refractivity contribution < 1.29 is 32.6 Å². The zero-order valence-corrected chi connectivity index (χ0v) is 12.3. The van der Waals surface area contributed by atoms with E-state index in [4.69, 9.17) is 5.11 Å². The molecule has 0 fully saturated rings. The molecule has 0 saturated carbocycles. The predicted octanol–water partition coefficient (Wildman–Crippen LogP) is 3.30. The van der Waals surface area contributed by atoms with Gasteiger partial charge in [0.2, 0.25) is 0 Å². The van der Waals surface area contributed by atoms with Gasteiger partial charge in [-0.05, 0) is 25.1 Å². The zero-order valence-electron chi connectivity index (χ0n) is 11.5. The molecule has 0 bridgehead atoms. The summed E-state index contributed by atoms with van der Waals surface area (Å²) in [6, 6.07) is 4.49. The second kappa shape index (κ2) is 6.24. The first-order valence-corrected chi connectivity index (χ1v) is 6.85. The fraction of sp³-hybridized carbons (Fsp3) is 0.154. The van der Waals surface area contributed by atoms with E-state index in [0.29, 0.717) is 0 Å². The quantitative estimate of drug-likeness (QED) is 0.887. The minimum atomic E-state index is -4.86. The number of carboxylic acid groups (broad SMARTS) is 1. The smallest absolute Gasteiger partial charge is 0.477 e. The number of hydrogen-bond acceptors (Lipinski definition) is 5. The van der Waals surface area contributed by atoms with Crippen molar-refractivity contribution in [2.45, 2.75) is 13.3 Å². The summed E-state index contributed by atoms with van der Waals surface area (Å²) in [6.45, 7) is 1.47. The van der Waals surface area contributed by atoms with Crippen LogP contribution < -0.4 is 10.1 Å². The van der Waals surface area contributed by atoms with Crippen molar-refractivity contribution in [3.05, 3.63) is 40.4 Å². The first-order valence-electron chi connectivity index (χ1n) is 6.03. The fourth-order valence-corrected chi connectivity index (χ4v) is 2.45. The number of halogens is 3. The lowest BCUT2D eigenvalue weighted by Crippen LogP contribution is -2.18. The Morgan fingerprint density at radius 3 is 2.61 bits per heavy atom. The number of thiazole rings is 1. The van der Waals surface area contributed by atoms with Gasteiger partial charge in [-0.25, -0.2) is 9.78 Å². The van der Waals surface area contributed by atoms with Crippen LogP contribution in [0.15, 0.2) is 24.3 Å². The molecule has 0 aliphatic heterocycles. The van der Waals surface area contributed by atoms with Crippen molar-refractivity contribution in [3.63, 3.8) is 0 Å². The molecule has 2 aromatic rings. The van der Waals surface area contributed by atoms with Crippen molar-refractivity contribution >= 4 is 28.3 Å². The molecule has 1 aromatic heterocycles. The van der Waals surface area contributed by atoms with Crippen LogP contribution >= 0.6 is 11.3 Å². The number of anilines is 1. The van der Waals surface area contributed by atoms with Crippen molar-refractivity contribution in [2.75, 3.05) is 5.32 Å². The first-order chi connectivity index (χ1) is 10.7. The molecule has 1 heterocycles. The minimum absolute atomic E-state index is 0.0329. The fourth-order valence-electron chi connectivity index (χ4n) is 1.65. The Kier molecular flexibility index (Phi) is 4.55. The maximum atomic E-state index is 12.2. The molecule has 0 atom stereocenters.